The summed E-state index contributed by atoms with van der Waals surface area (Å²) >= 11 is 0. The summed E-state index contributed by atoms with van der Waals surface area (Å²) in [5.74, 6) is -0.325. The molecule has 0 bridgehead atoms. The van der Waals surface area contributed by atoms with Gasteiger partial charge in [-0.25, -0.2) is 4.79 Å². The summed E-state index contributed by atoms with van der Waals surface area (Å²) in [7, 11) is 0. The maximum atomic E-state index is 12.0. The fourth-order valence-electron chi connectivity index (χ4n) is 2.34. The van der Waals surface area contributed by atoms with E-state index in [4.69, 9.17) is 4.42 Å². The highest BCUT2D eigenvalue weighted by atomic mass is 16.4. The van der Waals surface area contributed by atoms with Crippen molar-refractivity contribution in [2.24, 2.45) is 0 Å². The standard InChI is InChI=1S/C19H18N2O3/c1-14-7-9-16(10-8-14)17-12-21(19(23)24-17)13-18(22)20-11-15-5-3-2-4-6-15/h2-10,12H,11,13H2,1H3,(H,20,22). The van der Waals surface area contributed by atoms with Crippen molar-refractivity contribution in [3.8, 4) is 11.3 Å². The summed E-state index contributed by atoms with van der Waals surface area (Å²) in [6, 6.07) is 17.3. The first-order valence-electron chi connectivity index (χ1n) is 7.70. The highest BCUT2D eigenvalue weighted by Gasteiger charge is 2.11. The Balaban J connectivity index is 1.66. The van der Waals surface area contributed by atoms with Gasteiger partial charge >= 0.3 is 5.76 Å². The first-order valence-corrected chi connectivity index (χ1v) is 7.70. The van der Waals surface area contributed by atoms with Crippen LogP contribution in [-0.4, -0.2) is 10.5 Å². The first-order chi connectivity index (χ1) is 11.6. The minimum absolute atomic E-state index is 0.0684. The summed E-state index contributed by atoms with van der Waals surface area (Å²) in [6.45, 7) is 2.35. The summed E-state index contributed by atoms with van der Waals surface area (Å²) in [5.41, 5.74) is 2.94. The average Bonchev–Trinajstić information content (AvgIpc) is 2.95. The van der Waals surface area contributed by atoms with E-state index in [1.165, 1.54) is 4.57 Å². The number of oxazole rings is 1. The molecular weight excluding hydrogens is 304 g/mol. The highest BCUT2D eigenvalue weighted by molar-refractivity contribution is 5.75. The molecule has 0 fully saturated rings. The molecule has 0 aliphatic heterocycles. The van der Waals surface area contributed by atoms with Crippen LogP contribution in [0.1, 0.15) is 11.1 Å². The van der Waals surface area contributed by atoms with Crippen LogP contribution in [-0.2, 0) is 17.9 Å². The van der Waals surface area contributed by atoms with Crippen LogP contribution in [0.4, 0.5) is 0 Å². The third-order valence-electron chi connectivity index (χ3n) is 3.69. The van der Waals surface area contributed by atoms with Gasteiger partial charge in [-0.15, -0.1) is 0 Å². The van der Waals surface area contributed by atoms with Crippen LogP contribution in [0.15, 0.2) is 70.0 Å². The number of aryl methyl sites for hydroxylation is 1. The van der Waals surface area contributed by atoms with Gasteiger partial charge in [0.2, 0.25) is 5.91 Å². The molecule has 3 aromatic rings. The minimum atomic E-state index is -0.541. The molecule has 1 amide bonds. The zero-order valence-corrected chi connectivity index (χ0v) is 13.4. The molecule has 122 valence electrons. The Bertz CT molecular complexity index is 877. The van der Waals surface area contributed by atoms with Gasteiger partial charge in [0, 0.05) is 12.1 Å². The van der Waals surface area contributed by atoms with Crippen LogP contribution in [0.2, 0.25) is 0 Å². The smallest absolute Gasteiger partial charge is 0.408 e. The molecule has 1 N–H and O–H groups in total. The van der Waals surface area contributed by atoms with Crippen molar-refractivity contribution in [1.82, 2.24) is 9.88 Å². The van der Waals surface area contributed by atoms with E-state index in [0.717, 1.165) is 16.7 Å². The van der Waals surface area contributed by atoms with E-state index < -0.39 is 5.76 Å². The van der Waals surface area contributed by atoms with E-state index in [1.54, 1.807) is 6.20 Å². The van der Waals surface area contributed by atoms with Crippen molar-refractivity contribution in [3.63, 3.8) is 0 Å². The predicted octanol–water partition coefficient (Wildman–Crippen LogP) is 2.73. The van der Waals surface area contributed by atoms with E-state index in [9.17, 15) is 9.59 Å². The van der Waals surface area contributed by atoms with Gasteiger partial charge in [-0.1, -0.05) is 60.2 Å². The van der Waals surface area contributed by atoms with Gasteiger partial charge in [0.05, 0.1) is 6.20 Å². The molecule has 0 aliphatic carbocycles. The van der Waals surface area contributed by atoms with Gasteiger partial charge in [0.1, 0.15) is 6.54 Å². The van der Waals surface area contributed by atoms with Gasteiger partial charge in [0.15, 0.2) is 5.76 Å². The lowest BCUT2D eigenvalue weighted by atomic mass is 10.1. The van der Waals surface area contributed by atoms with E-state index >= 15 is 0 Å². The van der Waals surface area contributed by atoms with Crippen LogP contribution in [0.3, 0.4) is 0 Å². The SMILES string of the molecule is Cc1ccc(-c2cn(CC(=O)NCc3ccccc3)c(=O)o2)cc1. The summed E-state index contributed by atoms with van der Waals surface area (Å²) in [6.07, 6.45) is 1.56. The summed E-state index contributed by atoms with van der Waals surface area (Å²) < 4.78 is 6.50. The van der Waals surface area contributed by atoms with E-state index in [2.05, 4.69) is 5.32 Å². The first kappa shape index (κ1) is 15.8. The van der Waals surface area contributed by atoms with Crippen LogP contribution >= 0.6 is 0 Å². The lowest BCUT2D eigenvalue weighted by Crippen LogP contribution is -2.30. The topological polar surface area (TPSA) is 64.2 Å². The van der Waals surface area contributed by atoms with Gasteiger partial charge in [0.25, 0.3) is 0 Å². The van der Waals surface area contributed by atoms with Crippen molar-refractivity contribution in [2.45, 2.75) is 20.0 Å². The average molecular weight is 322 g/mol. The number of hydrogen-bond acceptors (Lipinski definition) is 3. The quantitative estimate of drug-likeness (QED) is 0.785. The molecule has 0 aliphatic rings. The van der Waals surface area contributed by atoms with Crippen molar-refractivity contribution >= 4 is 5.91 Å². The molecule has 1 heterocycles. The number of nitrogens with one attached hydrogen (secondary N) is 1. The fraction of sp³-hybridized carbons (Fsp3) is 0.158. The van der Waals surface area contributed by atoms with Gasteiger partial charge in [-0.2, -0.15) is 0 Å². The molecule has 0 radical (unpaired) electrons. The fourth-order valence-corrected chi connectivity index (χ4v) is 2.34. The molecule has 1 aromatic heterocycles. The van der Waals surface area contributed by atoms with E-state index in [1.807, 2.05) is 61.5 Å². The third-order valence-corrected chi connectivity index (χ3v) is 3.69. The highest BCUT2D eigenvalue weighted by Crippen LogP contribution is 2.18. The maximum Gasteiger partial charge on any atom is 0.419 e. The zero-order valence-electron chi connectivity index (χ0n) is 13.4. The molecule has 5 heteroatoms. The Morgan fingerprint density at radius 2 is 1.79 bits per heavy atom. The second-order valence-electron chi connectivity index (χ2n) is 5.62. The molecule has 0 unspecified atom stereocenters. The van der Waals surface area contributed by atoms with Crippen LogP contribution < -0.4 is 11.1 Å². The second kappa shape index (κ2) is 7.00. The van der Waals surface area contributed by atoms with Gasteiger partial charge in [-0.3, -0.25) is 9.36 Å². The third kappa shape index (κ3) is 3.81. The number of hydrogen-bond donors (Lipinski definition) is 1. The summed E-state index contributed by atoms with van der Waals surface area (Å²) in [5, 5.41) is 2.79. The van der Waals surface area contributed by atoms with E-state index in [-0.39, 0.29) is 12.5 Å². The van der Waals surface area contributed by atoms with E-state index in [0.29, 0.717) is 12.3 Å². The molecular formula is C19H18N2O3. The van der Waals surface area contributed by atoms with Gasteiger partial charge < -0.3 is 9.73 Å². The lowest BCUT2D eigenvalue weighted by Gasteiger charge is -2.04. The molecule has 0 spiro atoms. The number of benzene rings is 2. The Labute approximate surface area is 139 Å². The monoisotopic (exact) mass is 322 g/mol. The van der Waals surface area contributed by atoms with Gasteiger partial charge in [-0.05, 0) is 12.5 Å². The predicted molar refractivity (Wildman–Crippen MR) is 91.4 cm³/mol. The molecule has 3 rings (SSSR count). The van der Waals surface area contributed by atoms with Crippen LogP contribution in [0.25, 0.3) is 11.3 Å². The summed E-state index contributed by atoms with van der Waals surface area (Å²) in [4.78, 5) is 23.9. The van der Waals surface area contributed by atoms with Crippen LogP contribution in [0, 0.1) is 6.92 Å². The number of amides is 1. The maximum absolute atomic E-state index is 12.0. The molecule has 0 saturated heterocycles. The number of nitrogens with zero attached hydrogens (tertiary/aromatic N) is 1. The minimum Gasteiger partial charge on any atom is -0.408 e. The normalized spacial score (nSPS) is 10.5. The largest absolute Gasteiger partial charge is 0.419 e. The van der Waals surface area contributed by atoms with Crippen LogP contribution in [0.5, 0.6) is 0 Å². The van der Waals surface area contributed by atoms with Crippen molar-refractivity contribution in [3.05, 3.63) is 82.5 Å². The molecule has 5 nitrogen and oxygen atoms in total. The van der Waals surface area contributed by atoms with Crippen molar-refractivity contribution in [2.75, 3.05) is 0 Å². The number of carbonyl (C=O) groups is 1. The van der Waals surface area contributed by atoms with Crippen molar-refractivity contribution in [1.29, 1.82) is 0 Å². The Morgan fingerprint density at radius 3 is 2.50 bits per heavy atom. The molecule has 0 atom stereocenters. The Morgan fingerprint density at radius 1 is 1.08 bits per heavy atom. The molecule has 24 heavy (non-hydrogen) atoms. The molecule has 0 saturated carbocycles. The number of rotatable bonds is 5. The Hall–Kier alpha value is -3.08. The number of carbonyl (C=O) groups excluding carboxylic acids is 1. The van der Waals surface area contributed by atoms with Crippen molar-refractivity contribution < 1.29 is 9.21 Å². The number of aromatic nitrogens is 1. The Kier molecular flexibility index (Phi) is 4.61. The lowest BCUT2D eigenvalue weighted by molar-refractivity contribution is -0.121. The zero-order chi connectivity index (χ0) is 16.9. The molecule has 2 aromatic carbocycles. The second-order valence-corrected chi connectivity index (χ2v) is 5.62.